The Bertz CT molecular complexity index is 620. The van der Waals surface area contributed by atoms with Gasteiger partial charge in [0.1, 0.15) is 5.75 Å². The largest absolute Gasteiger partial charge is 0.618 e. The highest BCUT2D eigenvalue weighted by molar-refractivity contribution is 7.99. The first-order valence-corrected chi connectivity index (χ1v) is 6.94. The fourth-order valence-corrected chi connectivity index (χ4v) is 2.38. The summed E-state index contributed by atoms with van der Waals surface area (Å²) in [5.41, 5.74) is 0.373. The number of nitrogens with zero attached hydrogens (tertiary/aromatic N) is 1. The second-order valence-corrected chi connectivity index (χ2v) is 4.98. The Morgan fingerprint density at radius 3 is 2.57 bits per heavy atom. The predicted octanol–water partition coefficient (Wildman–Crippen LogP) is 2.90. The number of hydrogen-bond donors (Lipinski definition) is 0. The monoisotopic (exact) mass is 311 g/mol. The normalized spacial score (nSPS) is 10.6. The fourth-order valence-electron chi connectivity index (χ4n) is 1.57. The standard InChI is InChI=1S/C14H11F2NO3S/c15-14(16)20-11-6-4-10(5-7-11)12(18)9-21-13-3-1-2-8-17(13)19/h1-8,14H,9H2. The molecule has 0 aliphatic heterocycles. The first kappa shape index (κ1) is 15.2. The van der Waals surface area contributed by atoms with Gasteiger partial charge in [-0.2, -0.15) is 13.5 Å². The highest BCUT2D eigenvalue weighted by atomic mass is 32.2. The van der Waals surface area contributed by atoms with E-state index in [9.17, 15) is 18.8 Å². The molecular weight excluding hydrogens is 300 g/mol. The molecule has 2 aromatic rings. The van der Waals surface area contributed by atoms with E-state index in [4.69, 9.17) is 0 Å². The van der Waals surface area contributed by atoms with Crippen molar-refractivity contribution < 1.29 is 23.0 Å². The predicted molar refractivity (Wildman–Crippen MR) is 73.5 cm³/mol. The van der Waals surface area contributed by atoms with E-state index in [2.05, 4.69) is 4.74 Å². The van der Waals surface area contributed by atoms with Gasteiger partial charge in [0.15, 0.2) is 12.0 Å². The minimum atomic E-state index is -2.90. The lowest BCUT2D eigenvalue weighted by molar-refractivity contribution is -0.645. The molecule has 2 rings (SSSR count). The van der Waals surface area contributed by atoms with Crippen LogP contribution in [0.1, 0.15) is 10.4 Å². The van der Waals surface area contributed by atoms with Gasteiger partial charge >= 0.3 is 6.61 Å². The second-order valence-electron chi connectivity index (χ2n) is 3.98. The van der Waals surface area contributed by atoms with Crippen molar-refractivity contribution in [2.45, 2.75) is 11.6 Å². The number of Topliss-reactive ketones (excluding diaryl/α,β-unsaturated/α-hetero) is 1. The van der Waals surface area contributed by atoms with Crippen molar-refractivity contribution in [2.75, 3.05) is 5.75 Å². The smallest absolute Gasteiger partial charge is 0.387 e. The van der Waals surface area contributed by atoms with Crippen LogP contribution < -0.4 is 9.47 Å². The summed E-state index contributed by atoms with van der Waals surface area (Å²) in [5.74, 6) is -0.122. The van der Waals surface area contributed by atoms with Crippen molar-refractivity contribution in [2.24, 2.45) is 0 Å². The molecule has 0 bridgehead atoms. The van der Waals surface area contributed by atoms with Crippen LogP contribution in [0, 0.1) is 5.21 Å². The Balaban J connectivity index is 1.96. The maximum absolute atomic E-state index is 12.0. The number of alkyl halides is 2. The lowest BCUT2D eigenvalue weighted by Crippen LogP contribution is -2.28. The Hall–Kier alpha value is -2.15. The van der Waals surface area contributed by atoms with Crippen molar-refractivity contribution in [1.29, 1.82) is 0 Å². The van der Waals surface area contributed by atoms with Gasteiger partial charge in [0.25, 0.3) is 5.03 Å². The van der Waals surface area contributed by atoms with E-state index in [0.29, 0.717) is 15.3 Å². The average Bonchev–Trinajstić information content (AvgIpc) is 2.46. The Kier molecular flexibility index (Phi) is 5.10. The van der Waals surface area contributed by atoms with Gasteiger partial charge in [-0.15, -0.1) is 0 Å². The van der Waals surface area contributed by atoms with Gasteiger partial charge in [-0.05, 0) is 42.1 Å². The number of benzene rings is 1. The molecule has 21 heavy (non-hydrogen) atoms. The van der Waals surface area contributed by atoms with E-state index >= 15 is 0 Å². The average molecular weight is 311 g/mol. The number of halogens is 2. The minimum Gasteiger partial charge on any atom is -0.618 e. The molecule has 7 heteroatoms. The van der Waals surface area contributed by atoms with Crippen LogP contribution in [0.4, 0.5) is 8.78 Å². The van der Waals surface area contributed by atoms with Crippen LogP contribution in [-0.2, 0) is 0 Å². The Morgan fingerprint density at radius 2 is 1.95 bits per heavy atom. The fraction of sp³-hybridized carbons (Fsp3) is 0.143. The van der Waals surface area contributed by atoms with Crippen LogP contribution in [0.3, 0.4) is 0 Å². The van der Waals surface area contributed by atoms with Crippen molar-refractivity contribution in [3.8, 4) is 5.75 Å². The van der Waals surface area contributed by atoms with E-state index in [-0.39, 0.29) is 17.3 Å². The number of hydrogen-bond acceptors (Lipinski definition) is 4. The number of carbonyl (C=O) groups excluding carboxylic acids is 1. The van der Waals surface area contributed by atoms with Gasteiger partial charge in [-0.3, -0.25) is 4.79 Å². The summed E-state index contributed by atoms with van der Waals surface area (Å²) in [7, 11) is 0. The lowest BCUT2D eigenvalue weighted by Gasteiger charge is -2.05. The molecule has 0 N–H and O–H groups in total. The molecule has 1 aromatic heterocycles. The maximum atomic E-state index is 12.0. The van der Waals surface area contributed by atoms with Gasteiger partial charge in [0.05, 0.1) is 5.75 Å². The molecule has 0 aliphatic rings. The molecule has 0 radical (unpaired) electrons. The van der Waals surface area contributed by atoms with Crippen LogP contribution in [0.5, 0.6) is 5.75 Å². The summed E-state index contributed by atoms with van der Waals surface area (Å²) in [4.78, 5) is 11.9. The highest BCUT2D eigenvalue weighted by Gasteiger charge is 2.11. The lowest BCUT2D eigenvalue weighted by atomic mass is 10.1. The van der Waals surface area contributed by atoms with Crippen molar-refractivity contribution in [3.05, 3.63) is 59.4 Å². The number of carbonyl (C=O) groups is 1. The zero-order valence-electron chi connectivity index (χ0n) is 10.7. The molecule has 0 spiro atoms. The Morgan fingerprint density at radius 1 is 1.24 bits per heavy atom. The van der Waals surface area contributed by atoms with Crippen molar-refractivity contribution >= 4 is 17.5 Å². The van der Waals surface area contributed by atoms with Gasteiger partial charge < -0.3 is 9.94 Å². The van der Waals surface area contributed by atoms with Gasteiger partial charge in [0.2, 0.25) is 0 Å². The number of rotatable bonds is 6. The quantitative estimate of drug-likeness (QED) is 0.356. The summed E-state index contributed by atoms with van der Waals surface area (Å²) in [6.07, 6.45) is 1.35. The minimum absolute atomic E-state index is 0.00494. The molecule has 0 amide bonds. The molecule has 0 saturated heterocycles. The molecule has 0 fully saturated rings. The second kappa shape index (κ2) is 7.03. The molecular formula is C14H11F2NO3S. The van der Waals surface area contributed by atoms with Crippen molar-refractivity contribution in [3.63, 3.8) is 0 Å². The number of ether oxygens (including phenoxy) is 1. The van der Waals surface area contributed by atoms with E-state index in [1.807, 2.05) is 0 Å². The summed E-state index contributed by atoms with van der Waals surface area (Å²) in [6.45, 7) is -2.90. The van der Waals surface area contributed by atoms with E-state index in [0.717, 1.165) is 11.8 Å². The van der Waals surface area contributed by atoms with E-state index in [1.165, 1.54) is 30.5 Å². The molecule has 1 aromatic carbocycles. The molecule has 0 saturated carbocycles. The summed E-state index contributed by atoms with van der Waals surface area (Å²) < 4.78 is 28.9. The first-order chi connectivity index (χ1) is 10.1. The maximum Gasteiger partial charge on any atom is 0.387 e. The summed E-state index contributed by atoms with van der Waals surface area (Å²) >= 11 is 1.11. The highest BCUT2D eigenvalue weighted by Crippen LogP contribution is 2.18. The molecule has 110 valence electrons. The summed E-state index contributed by atoms with van der Waals surface area (Å²) in [5, 5.41) is 11.8. The number of ketones is 1. The number of aromatic nitrogens is 1. The molecule has 0 unspecified atom stereocenters. The third-order valence-electron chi connectivity index (χ3n) is 2.54. The van der Waals surface area contributed by atoms with Gasteiger partial charge in [-0.1, -0.05) is 0 Å². The van der Waals surface area contributed by atoms with Crippen LogP contribution in [0.2, 0.25) is 0 Å². The third-order valence-corrected chi connectivity index (χ3v) is 3.56. The molecule has 4 nitrogen and oxygen atoms in total. The van der Waals surface area contributed by atoms with Crippen LogP contribution in [0.25, 0.3) is 0 Å². The topological polar surface area (TPSA) is 53.2 Å². The summed E-state index contributed by atoms with van der Waals surface area (Å²) in [6, 6.07) is 10.4. The molecule has 0 aliphatic carbocycles. The van der Waals surface area contributed by atoms with Gasteiger partial charge in [0, 0.05) is 17.7 Å². The zero-order valence-corrected chi connectivity index (χ0v) is 11.6. The molecule has 1 heterocycles. The van der Waals surface area contributed by atoms with Crippen LogP contribution in [-0.4, -0.2) is 18.1 Å². The van der Waals surface area contributed by atoms with Crippen LogP contribution >= 0.6 is 11.8 Å². The number of thioether (sulfide) groups is 1. The van der Waals surface area contributed by atoms with Gasteiger partial charge in [-0.25, -0.2) is 0 Å². The van der Waals surface area contributed by atoms with Crippen LogP contribution in [0.15, 0.2) is 53.7 Å². The van der Waals surface area contributed by atoms with E-state index in [1.54, 1.807) is 18.2 Å². The number of pyridine rings is 1. The third kappa shape index (κ3) is 4.42. The van der Waals surface area contributed by atoms with E-state index < -0.39 is 6.61 Å². The first-order valence-electron chi connectivity index (χ1n) is 5.95. The van der Waals surface area contributed by atoms with Crippen molar-refractivity contribution in [1.82, 2.24) is 0 Å². The molecule has 0 atom stereocenters. The SMILES string of the molecule is O=C(CSc1cccc[n+]1[O-])c1ccc(OC(F)F)cc1. The Labute approximate surface area is 123 Å². The zero-order chi connectivity index (χ0) is 15.2.